The predicted molar refractivity (Wildman–Crippen MR) is 69.9 cm³/mol. The van der Waals surface area contributed by atoms with Gasteiger partial charge in [0, 0.05) is 12.6 Å². The van der Waals surface area contributed by atoms with Crippen molar-refractivity contribution in [3.8, 4) is 5.75 Å². The number of hydrogen-bond donors (Lipinski definition) is 1. The van der Waals surface area contributed by atoms with Gasteiger partial charge in [-0.1, -0.05) is 0 Å². The Bertz CT molecular complexity index is 401. The number of aromatic nitrogens is 1. The van der Waals surface area contributed by atoms with Crippen molar-refractivity contribution in [3.05, 3.63) is 24.0 Å². The molecule has 0 aromatic carbocycles. The van der Waals surface area contributed by atoms with Crippen LogP contribution in [-0.2, 0) is 0 Å². The summed E-state index contributed by atoms with van der Waals surface area (Å²) in [6.07, 6.45) is 5.56. The van der Waals surface area contributed by atoms with E-state index in [1.54, 1.807) is 25.4 Å². The Kier molecular flexibility index (Phi) is 4.70. The third kappa shape index (κ3) is 3.29. The Morgan fingerprint density at radius 3 is 3.22 bits per heavy atom. The summed E-state index contributed by atoms with van der Waals surface area (Å²) in [6, 6.07) is 3.56. The van der Waals surface area contributed by atoms with E-state index in [9.17, 15) is 4.79 Å². The lowest BCUT2D eigenvalue weighted by atomic mass is 9.93. The van der Waals surface area contributed by atoms with Crippen LogP contribution in [0.15, 0.2) is 18.3 Å². The molecule has 0 aliphatic carbocycles. The van der Waals surface area contributed by atoms with Crippen LogP contribution >= 0.6 is 0 Å². The van der Waals surface area contributed by atoms with Gasteiger partial charge in [0.25, 0.3) is 0 Å². The summed E-state index contributed by atoms with van der Waals surface area (Å²) < 4.78 is 5.16. The Balaban J connectivity index is 1.90. The molecule has 0 bridgehead atoms. The van der Waals surface area contributed by atoms with E-state index in [1.165, 1.54) is 12.8 Å². The van der Waals surface area contributed by atoms with Crippen LogP contribution in [0.5, 0.6) is 5.75 Å². The lowest BCUT2D eigenvalue weighted by Gasteiger charge is -2.22. The van der Waals surface area contributed by atoms with Crippen molar-refractivity contribution < 1.29 is 9.53 Å². The summed E-state index contributed by atoms with van der Waals surface area (Å²) in [7, 11) is 1.57. The van der Waals surface area contributed by atoms with Gasteiger partial charge in [0.2, 0.25) is 0 Å². The van der Waals surface area contributed by atoms with Crippen LogP contribution < -0.4 is 10.1 Å². The molecular weight excluding hydrogens is 228 g/mol. The number of methoxy groups -OCH3 is 1. The Morgan fingerprint density at radius 2 is 2.50 bits per heavy atom. The maximum absolute atomic E-state index is 12.1. The fraction of sp³-hybridized carbons (Fsp3) is 0.571. The first-order valence-electron chi connectivity index (χ1n) is 6.54. The van der Waals surface area contributed by atoms with E-state index in [0.29, 0.717) is 23.8 Å². The maximum atomic E-state index is 12.1. The molecule has 2 rings (SSSR count). The minimum Gasteiger partial charge on any atom is -0.494 e. The number of nitrogens with one attached hydrogen (secondary N) is 1. The number of hydrogen-bond acceptors (Lipinski definition) is 4. The van der Waals surface area contributed by atoms with E-state index in [-0.39, 0.29) is 5.78 Å². The number of ether oxygens (including phenoxy) is 1. The van der Waals surface area contributed by atoms with E-state index in [2.05, 4.69) is 10.3 Å². The van der Waals surface area contributed by atoms with Crippen molar-refractivity contribution in [3.63, 3.8) is 0 Å². The molecule has 18 heavy (non-hydrogen) atoms. The van der Waals surface area contributed by atoms with Crippen LogP contribution in [0.25, 0.3) is 0 Å². The van der Waals surface area contributed by atoms with E-state index < -0.39 is 0 Å². The van der Waals surface area contributed by atoms with Crippen LogP contribution in [0.2, 0.25) is 0 Å². The number of nitrogens with zero attached hydrogens (tertiary/aromatic N) is 1. The lowest BCUT2D eigenvalue weighted by molar-refractivity contribution is 0.0963. The van der Waals surface area contributed by atoms with Crippen molar-refractivity contribution >= 4 is 5.78 Å². The fourth-order valence-corrected chi connectivity index (χ4v) is 2.39. The molecule has 1 saturated heterocycles. The van der Waals surface area contributed by atoms with E-state index in [1.807, 2.05) is 0 Å². The number of carbonyl (C=O) groups excluding carboxylic acids is 1. The topological polar surface area (TPSA) is 51.2 Å². The summed E-state index contributed by atoms with van der Waals surface area (Å²) >= 11 is 0. The van der Waals surface area contributed by atoms with Gasteiger partial charge in [0.15, 0.2) is 5.78 Å². The average molecular weight is 248 g/mol. The van der Waals surface area contributed by atoms with Crippen LogP contribution in [0.3, 0.4) is 0 Å². The van der Waals surface area contributed by atoms with Gasteiger partial charge in [-0.2, -0.15) is 0 Å². The lowest BCUT2D eigenvalue weighted by Crippen LogP contribution is -2.30. The van der Waals surface area contributed by atoms with Crippen molar-refractivity contribution in [2.24, 2.45) is 5.92 Å². The number of rotatable bonds is 5. The highest BCUT2D eigenvalue weighted by Gasteiger charge is 2.17. The van der Waals surface area contributed by atoms with Crippen molar-refractivity contribution in [2.45, 2.75) is 25.7 Å². The summed E-state index contributed by atoms with van der Waals surface area (Å²) in [5.41, 5.74) is 0.462. The highest BCUT2D eigenvalue weighted by Crippen LogP contribution is 2.20. The first-order valence-corrected chi connectivity index (χ1v) is 6.54. The number of ketones is 1. The highest BCUT2D eigenvalue weighted by molar-refractivity contribution is 5.96. The molecule has 1 unspecified atom stereocenters. The van der Waals surface area contributed by atoms with Gasteiger partial charge >= 0.3 is 0 Å². The molecule has 1 aromatic heterocycles. The number of piperidine rings is 1. The van der Waals surface area contributed by atoms with Crippen LogP contribution in [0.1, 0.15) is 36.2 Å². The summed E-state index contributed by atoms with van der Waals surface area (Å²) in [5, 5.41) is 3.37. The van der Waals surface area contributed by atoms with Gasteiger partial charge in [-0.05, 0) is 50.4 Å². The van der Waals surface area contributed by atoms with Crippen LogP contribution in [0, 0.1) is 5.92 Å². The smallest absolute Gasteiger partial charge is 0.184 e. The Labute approximate surface area is 108 Å². The van der Waals surface area contributed by atoms with Gasteiger partial charge in [-0.3, -0.25) is 4.79 Å². The summed E-state index contributed by atoms with van der Waals surface area (Å²) in [4.78, 5) is 16.2. The van der Waals surface area contributed by atoms with E-state index in [4.69, 9.17) is 4.74 Å². The quantitative estimate of drug-likeness (QED) is 0.810. The first kappa shape index (κ1) is 13.0. The van der Waals surface area contributed by atoms with E-state index in [0.717, 1.165) is 19.5 Å². The van der Waals surface area contributed by atoms with Gasteiger partial charge in [-0.25, -0.2) is 4.98 Å². The van der Waals surface area contributed by atoms with Gasteiger partial charge in [-0.15, -0.1) is 0 Å². The zero-order valence-corrected chi connectivity index (χ0v) is 10.8. The largest absolute Gasteiger partial charge is 0.494 e. The van der Waals surface area contributed by atoms with Crippen molar-refractivity contribution in [1.82, 2.24) is 10.3 Å². The third-order valence-corrected chi connectivity index (χ3v) is 3.43. The molecule has 4 heteroatoms. The zero-order valence-electron chi connectivity index (χ0n) is 10.8. The molecule has 0 spiro atoms. The minimum atomic E-state index is 0.0815. The fourth-order valence-electron chi connectivity index (χ4n) is 2.39. The Hall–Kier alpha value is -1.42. The Morgan fingerprint density at radius 1 is 1.61 bits per heavy atom. The molecule has 1 aromatic rings. The van der Waals surface area contributed by atoms with Crippen LogP contribution in [0.4, 0.5) is 0 Å². The second-order valence-electron chi connectivity index (χ2n) is 4.73. The molecule has 2 heterocycles. The molecule has 98 valence electrons. The molecule has 0 amide bonds. The highest BCUT2D eigenvalue weighted by atomic mass is 16.5. The standard InChI is InChI=1S/C14H20N2O2/c1-18-13-5-3-9-16-14(13)12(17)7-6-11-4-2-8-15-10-11/h3,5,9,11,15H,2,4,6-8,10H2,1H3. The number of carbonyl (C=O) groups is 1. The predicted octanol–water partition coefficient (Wildman–Crippen LogP) is 2.05. The molecule has 0 radical (unpaired) electrons. The minimum absolute atomic E-state index is 0.0815. The molecule has 1 N–H and O–H groups in total. The molecule has 0 saturated carbocycles. The molecule has 4 nitrogen and oxygen atoms in total. The second kappa shape index (κ2) is 6.50. The second-order valence-corrected chi connectivity index (χ2v) is 4.73. The van der Waals surface area contributed by atoms with E-state index >= 15 is 0 Å². The molecule has 1 aliphatic rings. The summed E-state index contributed by atoms with van der Waals surface area (Å²) in [5.74, 6) is 1.28. The third-order valence-electron chi connectivity index (χ3n) is 3.43. The van der Waals surface area contributed by atoms with Crippen molar-refractivity contribution in [2.75, 3.05) is 20.2 Å². The van der Waals surface area contributed by atoms with Crippen molar-refractivity contribution in [1.29, 1.82) is 0 Å². The monoisotopic (exact) mass is 248 g/mol. The molecule has 1 aliphatic heterocycles. The number of pyridine rings is 1. The maximum Gasteiger partial charge on any atom is 0.184 e. The summed E-state index contributed by atoms with van der Waals surface area (Å²) in [6.45, 7) is 2.14. The average Bonchev–Trinajstić information content (AvgIpc) is 2.45. The molecule has 1 atom stereocenters. The first-order chi connectivity index (χ1) is 8.81. The van der Waals surface area contributed by atoms with Gasteiger partial charge in [0.1, 0.15) is 11.4 Å². The molecular formula is C14H20N2O2. The zero-order chi connectivity index (χ0) is 12.8. The van der Waals surface area contributed by atoms with Gasteiger partial charge < -0.3 is 10.1 Å². The number of Topliss-reactive ketones (excluding diaryl/α,β-unsaturated/α-hetero) is 1. The normalized spacial score (nSPS) is 19.5. The SMILES string of the molecule is COc1cccnc1C(=O)CCC1CCCNC1. The molecule has 1 fully saturated rings. The van der Waals surface area contributed by atoms with Crippen LogP contribution in [-0.4, -0.2) is 31.0 Å². The van der Waals surface area contributed by atoms with Gasteiger partial charge in [0.05, 0.1) is 7.11 Å².